The number of benzene rings is 2. The van der Waals surface area contributed by atoms with Crippen molar-refractivity contribution in [2.24, 2.45) is 0 Å². The van der Waals surface area contributed by atoms with Gasteiger partial charge in [-0.1, -0.05) is 35.9 Å². The predicted octanol–water partition coefficient (Wildman–Crippen LogP) is 2.85. The predicted molar refractivity (Wildman–Crippen MR) is 88.1 cm³/mol. The van der Waals surface area contributed by atoms with Crippen molar-refractivity contribution in [1.82, 2.24) is 3.97 Å². The number of rotatable bonds is 2. The minimum Gasteiger partial charge on any atom is -0.299 e. The minimum atomic E-state index is -3.72. The molecule has 1 heterocycles. The van der Waals surface area contributed by atoms with Gasteiger partial charge >= 0.3 is 0 Å². The number of aryl methyl sites for hydroxylation is 1. The van der Waals surface area contributed by atoms with E-state index in [-0.39, 0.29) is 17.1 Å². The van der Waals surface area contributed by atoms with Crippen LogP contribution in [0.3, 0.4) is 0 Å². The Kier molecular flexibility index (Phi) is 2.96. The van der Waals surface area contributed by atoms with E-state index in [1.54, 1.807) is 30.3 Å². The maximum absolute atomic E-state index is 13.1. The van der Waals surface area contributed by atoms with Gasteiger partial charge in [0.05, 0.1) is 10.4 Å². The van der Waals surface area contributed by atoms with Crippen LogP contribution in [0.1, 0.15) is 16.8 Å². The molecule has 0 fully saturated rings. The Morgan fingerprint density at radius 2 is 1.65 bits per heavy atom. The van der Waals surface area contributed by atoms with Gasteiger partial charge in [-0.3, -0.25) is 4.79 Å². The Bertz CT molecular complexity index is 1040. The summed E-state index contributed by atoms with van der Waals surface area (Å²) in [4.78, 5) is 12.1. The molecule has 4 nitrogen and oxygen atoms in total. The molecule has 2 aromatic carbocycles. The van der Waals surface area contributed by atoms with Crippen molar-refractivity contribution in [1.29, 1.82) is 0 Å². The van der Waals surface area contributed by atoms with E-state index in [0.29, 0.717) is 17.6 Å². The second-order valence-electron chi connectivity index (χ2n) is 5.92. The van der Waals surface area contributed by atoms with Crippen LogP contribution in [0.15, 0.2) is 53.4 Å². The van der Waals surface area contributed by atoms with Crippen LogP contribution in [-0.4, -0.2) is 18.2 Å². The van der Waals surface area contributed by atoms with E-state index in [4.69, 9.17) is 0 Å². The lowest BCUT2D eigenvalue weighted by atomic mass is 10.1. The summed E-state index contributed by atoms with van der Waals surface area (Å²) in [6.45, 7) is 1.91. The molecule has 5 heteroatoms. The van der Waals surface area contributed by atoms with Crippen LogP contribution in [-0.2, 0) is 27.7 Å². The molecular formula is C18H15NO3S. The second kappa shape index (κ2) is 4.80. The Labute approximate surface area is 134 Å². The summed E-state index contributed by atoms with van der Waals surface area (Å²) in [5, 5.41) is 0.851. The molecule has 1 aliphatic carbocycles. The van der Waals surface area contributed by atoms with Gasteiger partial charge in [-0.25, -0.2) is 12.4 Å². The summed E-state index contributed by atoms with van der Waals surface area (Å²) < 4.78 is 27.6. The topological polar surface area (TPSA) is 56.1 Å². The molecule has 0 radical (unpaired) electrons. The monoisotopic (exact) mass is 325 g/mol. The third-order valence-electron chi connectivity index (χ3n) is 4.34. The fourth-order valence-electron chi connectivity index (χ4n) is 3.24. The van der Waals surface area contributed by atoms with Crippen molar-refractivity contribution >= 4 is 26.7 Å². The molecule has 0 atom stereocenters. The molecule has 3 aromatic rings. The first-order valence-electron chi connectivity index (χ1n) is 7.43. The van der Waals surface area contributed by atoms with Crippen molar-refractivity contribution < 1.29 is 13.2 Å². The SMILES string of the molecule is Cc1ccc(S(=O)(=O)n2c3c(c4ccccc42)CC(=O)C3)cc1. The minimum absolute atomic E-state index is 0.0635. The number of Topliss-reactive ketones (excluding diaryl/α,β-unsaturated/α-hetero) is 1. The zero-order chi connectivity index (χ0) is 16.2. The summed E-state index contributed by atoms with van der Waals surface area (Å²) in [5.41, 5.74) is 3.10. The van der Waals surface area contributed by atoms with E-state index in [1.807, 2.05) is 25.1 Å². The van der Waals surface area contributed by atoms with Crippen molar-refractivity contribution in [3.05, 3.63) is 65.4 Å². The lowest BCUT2D eigenvalue weighted by Gasteiger charge is -2.11. The largest absolute Gasteiger partial charge is 0.299 e. The number of aromatic nitrogens is 1. The molecule has 1 aromatic heterocycles. The summed E-state index contributed by atoms with van der Waals surface area (Å²) in [6.07, 6.45) is 0.487. The molecular weight excluding hydrogens is 310 g/mol. The van der Waals surface area contributed by atoms with Crippen LogP contribution < -0.4 is 0 Å². The summed E-state index contributed by atoms with van der Waals surface area (Å²) in [6, 6.07) is 14.2. The molecule has 0 aliphatic heterocycles. The molecule has 4 rings (SSSR count). The molecule has 0 saturated carbocycles. The normalized spacial score (nSPS) is 14.4. The van der Waals surface area contributed by atoms with Gasteiger partial charge < -0.3 is 0 Å². The van der Waals surface area contributed by atoms with Gasteiger partial charge in [-0.15, -0.1) is 0 Å². The first-order valence-corrected chi connectivity index (χ1v) is 8.87. The highest BCUT2D eigenvalue weighted by molar-refractivity contribution is 7.90. The maximum atomic E-state index is 13.1. The third kappa shape index (κ3) is 2.04. The van der Waals surface area contributed by atoms with Gasteiger partial charge in [0.25, 0.3) is 10.0 Å². The van der Waals surface area contributed by atoms with Crippen LogP contribution >= 0.6 is 0 Å². The van der Waals surface area contributed by atoms with Crippen molar-refractivity contribution in [2.45, 2.75) is 24.7 Å². The van der Waals surface area contributed by atoms with Crippen molar-refractivity contribution in [2.75, 3.05) is 0 Å². The molecule has 1 aliphatic rings. The number of para-hydroxylation sites is 1. The van der Waals surface area contributed by atoms with Crippen molar-refractivity contribution in [3.63, 3.8) is 0 Å². The molecule has 0 spiro atoms. The standard InChI is InChI=1S/C18H15NO3S/c1-12-6-8-14(9-7-12)23(21,22)19-17-5-3-2-4-15(17)16-10-13(20)11-18(16)19/h2-9H,10-11H2,1H3. The van der Waals surface area contributed by atoms with E-state index in [2.05, 4.69) is 0 Å². The maximum Gasteiger partial charge on any atom is 0.268 e. The fourth-order valence-corrected chi connectivity index (χ4v) is 4.82. The van der Waals surface area contributed by atoms with Gasteiger partial charge in [0.2, 0.25) is 0 Å². The molecule has 0 unspecified atom stereocenters. The van der Waals surface area contributed by atoms with Crippen LogP contribution in [0, 0.1) is 6.92 Å². The zero-order valence-corrected chi connectivity index (χ0v) is 13.4. The summed E-state index contributed by atoms with van der Waals surface area (Å²) in [5.74, 6) is 0.0635. The van der Waals surface area contributed by atoms with E-state index in [1.165, 1.54) is 3.97 Å². The molecule has 116 valence electrons. The Balaban J connectivity index is 2.04. The first kappa shape index (κ1) is 14.2. The van der Waals surface area contributed by atoms with E-state index >= 15 is 0 Å². The van der Waals surface area contributed by atoms with Gasteiger partial charge in [-0.05, 0) is 30.7 Å². The number of hydrogen-bond donors (Lipinski definition) is 0. The molecule has 0 N–H and O–H groups in total. The average Bonchev–Trinajstić information content (AvgIpc) is 3.02. The quantitative estimate of drug-likeness (QED) is 0.728. The number of hydrogen-bond acceptors (Lipinski definition) is 3. The number of fused-ring (bicyclic) bond motifs is 3. The fraction of sp³-hybridized carbons (Fsp3) is 0.167. The number of ketones is 1. The smallest absolute Gasteiger partial charge is 0.268 e. The Morgan fingerprint density at radius 3 is 2.39 bits per heavy atom. The highest BCUT2D eigenvalue weighted by Crippen LogP contribution is 2.34. The van der Waals surface area contributed by atoms with Gasteiger partial charge in [0.1, 0.15) is 5.78 Å². The van der Waals surface area contributed by atoms with Crippen LogP contribution in [0.4, 0.5) is 0 Å². The molecule has 0 bridgehead atoms. The molecule has 0 amide bonds. The van der Waals surface area contributed by atoms with Gasteiger partial charge in [0.15, 0.2) is 0 Å². The third-order valence-corrected chi connectivity index (χ3v) is 6.10. The number of carbonyl (C=O) groups is 1. The van der Waals surface area contributed by atoms with E-state index in [9.17, 15) is 13.2 Å². The summed E-state index contributed by atoms with van der Waals surface area (Å²) in [7, 11) is -3.72. The second-order valence-corrected chi connectivity index (χ2v) is 7.70. The van der Waals surface area contributed by atoms with Gasteiger partial charge in [-0.2, -0.15) is 0 Å². The Hall–Kier alpha value is -2.40. The zero-order valence-electron chi connectivity index (χ0n) is 12.6. The van der Waals surface area contributed by atoms with E-state index < -0.39 is 10.0 Å². The Morgan fingerprint density at radius 1 is 0.957 bits per heavy atom. The molecule has 0 saturated heterocycles. The van der Waals surface area contributed by atoms with Crippen LogP contribution in [0.25, 0.3) is 10.9 Å². The summed E-state index contributed by atoms with van der Waals surface area (Å²) >= 11 is 0. The van der Waals surface area contributed by atoms with E-state index in [0.717, 1.165) is 16.5 Å². The highest BCUT2D eigenvalue weighted by atomic mass is 32.2. The van der Waals surface area contributed by atoms with Crippen LogP contribution in [0.2, 0.25) is 0 Å². The highest BCUT2D eigenvalue weighted by Gasteiger charge is 2.32. The average molecular weight is 325 g/mol. The first-order chi connectivity index (χ1) is 11.0. The lowest BCUT2D eigenvalue weighted by Crippen LogP contribution is -2.16. The van der Waals surface area contributed by atoms with Crippen molar-refractivity contribution in [3.8, 4) is 0 Å². The van der Waals surface area contributed by atoms with Gasteiger partial charge in [0, 0.05) is 23.9 Å². The number of nitrogens with zero attached hydrogens (tertiary/aromatic N) is 1. The van der Waals surface area contributed by atoms with Crippen LogP contribution in [0.5, 0.6) is 0 Å². The molecule has 23 heavy (non-hydrogen) atoms. The lowest BCUT2D eigenvalue weighted by molar-refractivity contribution is -0.117. The number of carbonyl (C=O) groups excluding carboxylic acids is 1.